The van der Waals surface area contributed by atoms with Crippen molar-refractivity contribution in [2.75, 3.05) is 13.2 Å². The molecule has 11 nitrogen and oxygen atoms in total. The molecule has 11 heteroatoms. The van der Waals surface area contributed by atoms with E-state index in [2.05, 4.69) is 56.5 Å². The minimum Gasteiger partial charge on any atom is -0.454 e. The third-order valence-corrected chi connectivity index (χ3v) is 13.1. The molecule has 6 N–H and O–H groups in total. The quantitative estimate of drug-likeness (QED) is 0.0149. The van der Waals surface area contributed by atoms with E-state index in [1.54, 1.807) is 6.08 Å². The van der Waals surface area contributed by atoms with Gasteiger partial charge < -0.3 is 45.1 Å². The lowest BCUT2D eigenvalue weighted by atomic mass is 9.99. The third-order valence-electron chi connectivity index (χ3n) is 13.1. The molecule has 8 unspecified atom stereocenters. The van der Waals surface area contributed by atoms with E-state index >= 15 is 0 Å². The summed E-state index contributed by atoms with van der Waals surface area (Å²) in [5.41, 5.74) is 0. The molecule has 0 aromatic carbocycles. The van der Waals surface area contributed by atoms with Gasteiger partial charge in [-0.2, -0.15) is 0 Å². The number of aliphatic hydroxyl groups is 5. The largest absolute Gasteiger partial charge is 0.454 e. The average molecular weight is 1020 g/mol. The van der Waals surface area contributed by atoms with Gasteiger partial charge in [0.05, 0.1) is 25.4 Å². The Labute approximate surface area is 444 Å². The van der Waals surface area contributed by atoms with Crippen molar-refractivity contribution >= 4 is 11.9 Å². The Morgan fingerprint density at radius 2 is 1.04 bits per heavy atom. The van der Waals surface area contributed by atoms with Crippen LogP contribution in [0.3, 0.4) is 0 Å². The zero-order valence-corrected chi connectivity index (χ0v) is 46.0. The number of aliphatic hydroxyl groups excluding tert-OH is 5. The second-order valence-corrected chi connectivity index (χ2v) is 19.8. The molecule has 0 aromatic rings. The molecule has 0 aromatic heterocycles. The van der Waals surface area contributed by atoms with E-state index in [-0.39, 0.29) is 19.4 Å². The maximum atomic E-state index is 13.3. The van der Waals surface area contributed by atoms with E-state index < -0.39 is 67.4 Å². The Morgan fingerprint density at radius 3 is 1.59 bits per heavy atom. The zero-order valence-electron chi connectivity index (χ0n) is 46.0. The summed E-state index contributed by atoms with van der Waals surface area (Å²) in [5.74, 6) is -1.28. The molecule has 1 amide bonds. The normalized spacial score (nSPS) is 20.1. The molecule has 0 saturated carbocycles. The van der Waals surface area contributed by atoms with E-state index in [0.717, 1.165) is 64.2 Å². The Morgan fingerprint density at radius 1 is 0.562 bits per heavy atom. The fourth-order valence-electron chi connectivity index (χ4n) is 8.47. The molecule has 8 atom stereocenters. The van der Waals surface area contributed by atoms with Crippen molar-refractivity contribution in [3.05, 3.63) is 97.2 Å². The van der Waals surface area contributed by atoms with E-state index in [1.165, 1.54) is 109 Å². The Hall–Kier alpha value is -3.42. The molecule has 73 heavy (non-hydrogen) atoms. The first-order chi connectivity index (χ1) is 35.7. The smallest absolute Gasteiger partial charge is 0.306 e. The fraction of sp³-hybridized carbons (Fsp3) is 0.710. The average Bonchev–Trinajstić information content (AvgIpc) is 3.39. The van der Waals surface area contributed by atoms with Gasteiger partial charge in [0.2, 0.25) is 5.91 Å². The summed E-state index contributed by atoms with van der Waals surface area (Å²) in [4.78, 5) is 26.4. The number of amides is 1. The summed E-state index contributed by atoms with van der Waals surface area (Å²) >= 11 is 0. The van der Waals surface area contributed by atoms with Gasteiger partial charge in [0.25, 0.3) is 0 Å². The zero-order chi connectivity index (χ0) is 53.3. The third kappa shape index (κ3) is 37.9. The molecule has 1 fully saturated rings. The summed E-state index contributed by atoms with van der Waals surface area (Å²) in [6.07, 6.45) is 54.7. The van der Waals surface area contributed by atoms with Crippen LogP contribution in [-0.4, -0.2) is 99.6 Å². The first-order valence-corrected chi connectivity index (χ1v) is 29.1. The number of ether oxygens (including phenoxy) is 3. The van der Waals surface area contributed by atoms with Crippen molar-refractivity contribution in [1.29, 1.82) is 0 Å². The van der Waals surface area contributed by atoms with Crippen molar-refractivity contribution in [3.63, 3.8) is 0 Å². The SMILES string of the molecule is CC/C=C/C=C/C=C\C=C/C=C/CCC(O)C(=O)NC(COC1OC(CO)C(O)C(O)C1OC(=O)CCCCCCCCCCCCC/C=C\C/C=C\CCCCC)C(O)/C=C/CCCCCCCCCCC. The topological polar surface area (TPSA) is 175 Å². The lowest BCUT2D eigenvalue weighted by molar-refractivity contribution is -0.305. The lowest BCUT2D eigenvalue weighted by Crippen LogP contribution is -2.61. The molecule has 0 aliphatic carbocycles. The van der Waals surface area contributed by atoms with E-state index in [4.69, 9.17) is 14.2 Å². The van der Waals surface area contributed by atoms with Gasteiger partial charge in [-0.25, -0.2) is 0 Å². The highest BCUT2D eigenvalue weighted by atomic mass is 16.7. The molecule has 1 saturated heterocycles. The summed E-state index contributed by atoms with van der Waals surface area (Å²) in [6.45, 7) is 5.54. The molecule has 0 spiro atoms. The molecule has 418 valence electrons. The van der Waals surface area contributed by atoms with Crippen LogP contribution < -0.4 is 5.32 Å². The Bertz CT molecular complexity index is 1550. The van der Waals surface area contributed by atoms with Gasteiger partial charge in [-0.3, -0.25) is 9.59 Å². The van der Waals surface area contributed by atoms with Gasteiger partial charge in [-0.15, -0.1) is 0 Å². The van der Waals surface area contributed by atoms with Gasteiger partial charge >= 0.3 is 5.97 Å². The standard InChI is InChI=1S/C62H105NO10/c1-4-7-10-13-16-19-22-24-25-26-27-28-29-30-31-32-35-38-41-44-47-50-57(67)73-60-59(69)58(68)56(51-64)72-62(60)71-52-53(54(65)48-45-42-39-36-33-21-18-15-12-9-6-3)63-61(70)55(66)49-46-43-40-37-34-23-20-17-14-11-8-5-2/h8,11,14,16-17,19-20,23-25,34,37,40,43,45,48,53-56,58-60,62,64-66,68-69H,4-7,9-10,12-13,15,18,21-22,26-33,35-36,38-39,41-42,44,46-47,49-52H2,1-3H3,(H,63,70)/b11-8+,17-14+,19-16-,23-20-,25-24-,37-34-,43-40+,48-45+. The van der Waals surface area contributed by atoms with Crippen LogP contribution in [0.2, 0.25) is 0 Å². The summed E-state index contributed by atoms with van der Waals surface area (Å²) in [6, 6.07) is -1.06. The monoisotopic (exact) mass is 1020 g/mol. The summed E-state index contributed by atoms with van der Waals surface area (Å²) in [5, 5.41) is 56.6. The minimum absolute atomic E-state index is 0.108. The first kappa shape index (κ1) is 67.6. The van der Waals surface area contributed by atoms with E-state index in [9.17, 15) is 35.1 Å². The number of hydrogen-bond donors (Lipinski definition) is 6. The van der Waals surface area contributed by atoms with Crippen LogP contribution >= 0.6 is 0 Å². The number of nitrogens with one attached hydrogen (secondary N) is 1. The van der Waals surface area contributed by atoms with Gasteiger partial charge in [0.15, 0.2) is 12.4 Å². The van der Waals surface area contributed by atoms with Crippen molar-refractivity contribution in [2.45, 2.75) is 269 Å². The number of hydrogen-bond acceptors (Lipinski definition) is 10. The number of unbranched alkanes of at least 4 members (excludes halogenated alkanes) is 23. The van der Waals surface area contributed by atoms with Gasteiger partial charge in [0, 0.05) is 6.42 Å². The van der Waals surface area contributed by atoms with Crippen molar-refractivity contribution in [3.8, 4) is 0 Å². The number of esters is 1. The summed E-state index contributed by atoms with van der Waals surface area (Å²) < 4.78 is 17.5. The van der Waals surface area contributed by atoms with Crippen LogP contribution in [-0.2, 0) is 23.8 Å². The van der Waals surface area contributed by atoms with Gasteiger partial charge in [0.1, 0.15) is 24.4 Å². The van der Waals surface area contributed by atoms with Crippen molar-refractivity contribution in [2.24, 2.45) is 0 Å². The molecule has 0 bridgehead atoms. The predicted molar refractivity (Wildman–Crippen MR) is 301 cm³/mol. The maximum absolute atomic E-state index is 13.3. The number of carbonyl (C=O) groups is 2. The molecule has 1 aliphatic heterocycles. The minimum atomic E-state index is -1.63. The molecular formula is C62H105NO10. The predicted octanol–water partition coefficient (Wildman–Crippen LogP) is 13.2. The van der Waals surface area contributed by atoms with Crippen molar-refractivity contribution in [1.82, 2.24) is 5.32 Å². The highest BCUT2D eigenvalue weighted by Gasteiger charge is 2.47. The van der Waals surface area contributed by atoms with Crippen molar-refractivity contribution < 1.29 is 49.3 Å². The molecule has 1 aliphatic rings. The molecule has 1 heterocycles. The van der Waals surface area contributed by atoms with Crippen LogP contribution in [0.15, 0.2) is 97.2 Å². The first-order valence-electron chi connectivity index (χ1n) is 29.1. The molecular weight excluding hydrogens is 919 g/mol. The number of carbonyl (C=O) groups excluding carboxylic acids is 2. The summed E-state index contributed by atoms with van der Waals surface area (Å²) in [7, 11) is 0. The Balaban J connectivity index is 2.70. The fourth-order valence-corrected chi connectivity index (χ4v) is 8.47. The van der Waals surface area contributed by atoms with E-state index in [0.29, 0.717) is 12.8 Å². The van der Waals surface area contributed by atoms with Crippen LogP contribution in [0, 0.1) is 0 Å². The highest BCUT2D eigenvalue weighted by Crippen LogP contribution is 2.26. The van der Waals surface area contributed by atoms with E-state index in [1.807, 2.05) is 60.8 Å². The second kappa shape index (κ2) is 49.5. The number of rotatable bonds is 47. The van der Waals surface area contributed by atoms with Crippen LogP contribution in [0.1, 0.15) is 220 Å². The number of allylic oxidation sites excluding steroid dienone is 15. The van der Waals surface area contributed by atoms with Gasteiger partial charge in [-0.05, 0) is 70.6 Å². The van der Waals surface area contributed by atoms with Crippen LogP contribution in [0.5, 0.6) is 0 Å². The maximum Gasteiger partial charge on any atom is 0.306 e. The van der Waals surface area contributed by atoms with Gasteiger partial charge in [-0.1, -0.05) is 240 Å². The van der Waals surface area contributed by atoms with Crippen LogP contribution in [0.4, 0.5) is 0 Å². The Kier molecular flexibility index (Phi) is 45.8. The lowest BCUT2D eigenvalue weighted by Gasteiger charge is -2.41. The van der Waals surface area contributed by atoms with Crippen LogP contribution in [0.25, 0.3) is 0 Å². The molecule has 0 radical (unpaired) electrons. The molecule has 1 rings (SSSR count). The highest BCUT2D eigenvalue weighted by molar-refractivity contribution is 5.80. The second-order valence-electron chi connectivity index (χ2n) is 19.8.